The Morgan fingerprint density at radius 1 is 1.29 bits per heavy atom. The van der Waals surface area contributed by atoms with Gasteiger partial charge in [0, 0.05) is 24.5 Å². The van der Waals surface area contributed by atoms with Crippen LogP contribution in [-0.2, 0) is 9.53 Å². The third kappa shape index (κ3) is 4.08. The minimum Gasteiger partial charge on any atom is -0.508 e. The average Bonchev–Trinajstić information content (AvgIpc) is 2.57. The number of nitrogens with zero attached hydrogens (tertiary/aromatic N) is 1. The molecule has 1 amide bonds. The maximum atomic E-state index is 12.6. The summed E-state index contributed by atoms with van der Waals surface area (Å²) in [6.07, 6.45) is 4.38. The van der Waals surface area contributed by atoms with Crippen molar-refractivity contribution in [2.24, 2.45) is 0 Å². The minimum absolute atomic E-state index is 0.102. The maximum absolute atomic E-state index is 12.6. The Balaban J connectivity index is 1.67. The molecular formula is C19H28N2O3. The molecule has 1 aromatic rings. The van der Waals surface area contributed by atoms with Crippen LogP contribution in [0, 0.1) is 0 Å². The lowest BCUT2D eigenvalue weighted by molar-refractivity contribution is -0.125. The number of ether oxygens (including phenoxy) is 1. The van der Waals surface area contributed by atoms with Gasteiger partial charge in [-0.2, -0.15) is 0 Å². The second-order valence-electron chi connectivity index (χ2n) is 7.24. The summed E-state index contributed by atoms with van der Waals surface area (Å²) in [6, 6.07) is 7.44. The van der Waals surface area contributed by atoms with Crippen LogP contribution < -0.4 is 5.32 Å². The van der Waals surface area contributed by atoms with Crippen LogP contribution in [0.2, 0.25) is 0 Å². The van der Waals surface area contributed by atoms with Gasteiger partial charge in [-0.25, -0.2) is 0 Å². The highest BCUT2D eigenvalue weighted by Crippen LogP contribution is 2.41. The van der Waals surface area contributed by atoms with Crippen molar-refractivity contribution >= 4 is 5.91 Å². The normalized spacial score (nSPS) is 28.5. The highest BCUT2D eigenvalue weighted by molar-refractivity contribution is 5.79. The lowest BCUT2D eigenvalue weighted by Crippen LogP contribution is -2.55. The Labute approximate surface area is 144 Å². The number of phenols is 1. The molecule has 0 radical (unpaired) electrons. The molecule has 132 valence electrons. The van der Waals surface area contributed by atoms with Crippen molar-refractivity contribution in [1.82, 2.24) is 10.2 Å². The predicted octanol–water partition coefficient (Wildman–Crippen LogP) is 2.26. The van der Waals surface area contributed by atoms with Crippen LogP contribution in [0.3, 0.4) is 0 Å². The van der Waals surface area contributed by atoms with Crippen LogP contribution >= 0.6 is 0 Å². The largest absolute Gasteiger partial charge is 0.508 e. The summed E-state index contributed by atoms with van der Waals surface area (Å²) in [4.78, 5) is 14.7. The van der Waals surface area contributed by atoms with Gasteiger partial charge in [-0.3, -0.25) is 9.69 Å². The van der Waals surface area contributed by atoms with Crippen LogP contribution in [0.25, 0.3) is 0 Å². The van der Waals surface area contributed by atoms with Gasteiger partial charge < -0.3 is 15.2 Å². The van der Waals surface area contributed by atoms with Crippen molar-refractivity contribution in [3.8, 4) is 5.75 Å². The van der Waals surface area contributed by atoms with Crippen molar-refractivity contribution in [1.29, 1.82) is 0 Å². The summed E-state index contributed by atoms with van der Waals surface area (Å²) in [5.74, 6) is 0.679. The van der Waals surface area contributed by atoms with E-state index in [1.807, 2.05) is 12.1 Å². The molecular weight excluding hydrogens is 304 g/mol. The van der Waals surface area contributed by atoms with Crippen molar-refractivity contribution in [2.45, 2.75) is 44.1 Å². The Hall–Kier alpha value is -1.59. The van der Waals surface area contributed by atoms with E-state index in [1.165, 1.54) is 12.0 Å². The fraction of sp³-hybridized carbons (Fsp3) is 0.632. The molecule has 2 N–H and O–H groups in total. The van der Waals surface area contributed by atoms with Crippen LogP contribution in [0.15, 0.2) is 24.3 Å². The molecule has 1 aliphatic carbocycles. The van der Waals surface area contributed by atoms with E-state index in [4.69, 9.17) is 4.74 Å². The van der Waals surface area contributed by atoms with Crippen LogP contribution in [0.4, 0.5) is 0 Å². The van der Waals surface area contributed by atoms with Gasteiger partial charge in [-0.1, -0.05) is 25.0 Å². The number of benzene rings is 1. The molecule has 0 aromatic heterocycles. The second kappa shape index (κ2) is 7.53. The molecule has 5 nitrogen and oxygen atoms in total. The van der Waals surface area contributed by atoms with Gasteiger partial charge in [0.2, 0.25) is 5.91 Å². The summed E-state index contributed by atoms with van der Waals surface area (Å²) in [5, 5.41) is 12.8. The average molecular weight is 332 g/mol. The maximum Gasteiger partial charge on any atom is 0.234 e. The summed E-state index contributed by atoms with van der Waals surface area (Å²) in [7, 11) is 0. The van der Waals surface area contributed by atoms with E-state index in [0.29, 0.717) is 25.7 Å². The molecule has 1 saturated heterocycles. The molecule has 2 atom stereocenters. The Morgan fingerprint density at radius 2 is 2.00 bits per heavy atom. The van der Waals surface area contributed by atoms with Crippen molar-refractivity contribution in [2.75, 3.05) is 32.8 Å². The number of morpholine rings is 1. The fourth-order valence-corrected chi connectivity index (χ4v) is 4.04. The molecule has 0 spiro atoms. The standard InChI is InChI=1S/C19H28N2O3/c1-19(20-18(23)14-21-10-12-24-13-11-21)9-3-2-4-17(19)15-5-7-16(22)8-6-15/h5-8,17,22H,2-4,9-14H2,1H3,(H,20,23)/t17-,19+/m0/s1. The van der Waals surface area contributed by atoms with E-state index in [9.17, 15) is 9.90 Å². The number of phenolic OH excluding ortho intramolecular Hbond substituents is 1. The van der Waals surface area contributed by atoms with E-state index in [-0.39, 0.29) is 17.2 Å². The fourth-order valence-electron chi connectivity index (χ4n) is 4.04. The first kappa shape index (κ1) is 17.2. The molecule has 1 aromatic carbocycles. The molecule has 2 aliphatic rings. The third-order valence-electron chi connectivity index (χ3n) is 5.40. The first-order valence-electron chi connectivity index (χ1n) is 8.97. The first-order valence-corrected chi connectivity index (χ1v) is 8.97. The van der Waals surface area contributed by atoms with Gasteiger partial charge in [0.05, 0.1) is 19.8 Å². The number of aromatic hydroxyl groups is 1. The van der Waals surface area contributed by atoms with Crippen LogP contribution in [0.5, 0.6) is 5.75 Å². The van der Waals surface area contributed by atoms with Crippen molar-refractivity contribution < 1.29 is 14.6 Å². The molecule has 3 rings (SSSR count). The van der Waals surface area contributed by atoms with Gasteiger partial charge >= 0.3 is 0 Å². The molecule has 24 heavy (non-hydrogen) atoms. The SMILES string of the molecule is C[C@@]1(NC(=O)CN2CCOCC2)CCCC[C@H]1c1ccc(O)cc1. The number of amides is 1. The lowest BCUT2D eigenvalue weighted by Gasteiger charge is -2.43. The monoisotopic (exact) mass is 332 g/mol. The van der Waals surface area contributed by atoms with Gasteiger partial charge in [-0.05, 0) is 37.5 Å². The number of hydrogen-bond donors (Lipinski definition) is 2. The minimum atomic E-state index is -0.224. The lowest BCUT2D eigenvalue weighted by atomic mass is 9.70. The van der Waals surface area contributed by atoms with Crippen molar-refractivity contribution in [3.05, 3.63) is 29.8 Å². The number of carbonyl (C=O) groups is 1. The van der Waals surface area contributed by atoms with E-state index >= 15 is 0 Å². The second-order valence-corrected chi connectivity index (χ2v) is 7.24. The quantitative estimate of drug-likeness (QED) is 0.888. The topological polar surface area (TPSA) is 61.8 Å². The summed E-state index contributed by atoms with van der Waals surface area (Å²) >= 11 is 0. The Bertz CT molecular complexity index is 554. The first-order chi connectivity index (χ1) is 11.6. The molecule has 1 saturated carbocycles. The molecule has 2 fully saturated rings. The molecule has 1 heterocycles. The van der Waals surface area contributed by atoms with Gasteiger partial charge in [0.15, 0.2) is 0 Å². The summed E-state index contributed by atoms with van der Waals surface area (Å²) in [5.41, 5.74) is 0.972. The van der Waals surface area contributed by atoms with E-state index in [2.05, 4.69) is 17.1 Å². The summed E-state index contributed by atoms with van der Waals surface area (Å²) in [6.45, 7) is 5.68. The zero-order valence-electron chi connectivity index (χ0n) is 14.5. The summed E-state index contributed by atoms with van der Waals surface area (Å²) < 4.78 is 5.34. The smallest absolute Gasteiger partial charge is 0.234 e. The van der Waals surface area contributed by atoms with Crippen LogP contribution in [-0.4, -0.2) is 54.3 Å². The zero-order valence-corrected chi connectivity index (χ0v) is 14.5. The zero-order chi connectivity index (χ0) is 17.0. The molecule has 0 bridgehead atoms. The van der Waals surface area contributed by atoms with Crippen molar-refractivity contribution in [3.63, 3.8) is 0 Å². The Morgan fingerprint density at radius 3 is 2.71 bits per heavy atom. The molecule has 0 unspecified atom stereocenters. The highest BCUT2D eigenvalue weighted by Gasteiger charge is 2.38. The van der Waals surface area contributed by atoms with Gasteiger partial charge in [-0.15, -0.1) is 0 Å². The van der Waals surface area contributed by atoms with E-state index in [0.717, 1.165) is 32.4 Å². The van der Waals surface area contributed by atoms with E-state index in [1.54, 1.807) is 12.1 Å². The highest BCUT2D eigenvalue weighted by atomic mass is 16.5. The number of hydrogen-bond acceptors (Lipinski definition) is 4. The van der Waals surface area contributed by atoms with Gasteiger partial charge in [0.25, 0.3) is 0 Å². The number of nitrogens with one attached hydrogen (secondary N) is 1. The van der Waals surface area contributed by atoms with Gasteiger partial charge in [0.1, 0.15) is 5.75 Å². The predicted molar refractivity (Wildman–Crippen MR) is 93.1 cm³/mol. The molecule has 5 heteroatoms. The Kier molecular flexibility index (Phi) is 5.41. The number of carbonyl (C=O) groups excluding carboxylic acids is 1. The third-order valence-corrected chi connectivity index (χ3v) is 5.40. The number of rotatable bonds is 4. The van der Waals surface area contributed by atoms with E-state index < -0.39 is 0 Å². The van der Waals surface area contributed by atoms with Crippen LogP contribution in [0.1, 0.15) is 44.1 Å². The molecule has 1 aliphatic heterocycles.